The smallest absolute Gasteiger partial charge is 0.226 e. The summed E-state index contributed by atoms with van der Waals surface area (Å²) in [6.07, 6.45) is -0.0118. The minimum Gasteiger partial charge on any atom is -0.497 e. The van der Waals surface area contributed by atoms with Gasteiger partial charge in [-0.15, -0.1) is 0 Å². The fourth-order valence-corrected chi connectivity index (χ4v) is 3.73. The van der Waals surface area contributed by atoms with Crippen LogP contribution >= 0.6 is 0 Å². The molecule has 1 N–H and O–H groups in total. The van der Waals surface area contributed by atoms with Gasteiger partial charge in [-0.2, -0.15) is 5.10 Å². The van der Waals surface area contributed by atoms with E-state index in [1.807, 2.05) is 0 Å². The van der Waals surface area contributed by atoms with E-state index in [2.05, 4.69) is 10.4 Å². The van der Waals surface area contributed by atoms with E-state index in [0.29, 0.717) is 39.8 Å². The molecule has 0 spiro atoms. The number of halogens is 1. The molecule has 3 aromatic rings. The Morgan fingerprint density at radius 3 is 2.57 bits per heavy atom. The van der Waals surface area contributed by atoms with Gasteiger partial charge >= 0.3 is 0 Å². The van der Waals surface area contributed by atoms with Crippen LogP contribution in [0.1, 0.15) is 34.0 Å². The van der Waals surface area contributed by atoms with E-state index in [1.54, 1.807) is 37.3 Å². The van der Waals surface area contributed by atoms with Crippen molar-refractivity contribution in [2.75, 3.05) is 19.5 Å². The van der Waals surface area contributed by atoms with Crippen molar-refractivity contribution in [2.24, 2.45) is 0 Å². The standard InChI is InChI=1S/C22H20FN3O4/c1-12-20-17(21(28)16-10-15(29-2)8-9-18(16)30-3)11-19(27)24-22(20)26(25-12)14-6-4-13(23)5-7-14/h4-10,17H,11H2,1-3H3,(H,24,27). The molecule has 1 aromatic heterocycles. The fourth-order valence-electron chi connectivity index (χ4n) is 3.73. The highest BCUT2D eigenvalue weighted by atomic mass is 19.1. The molecule has 0 radical (unpaired) electrons. The number of benzene rings is 2. The summed E-state index contributed by atoms with van der Waals surface area (Å²) in [4.78, 5) is 26.0. The van der Waals surface area contributed by atoms with Gasteiger partial charge in [0.2, 0.25) is 5.91 Å². The Kier molecular flexibility index (Phi) is 4.99. The molecule has 1 aliphatic heterocycles. The summed E-state index contributed by atoms with van der Waals surface area (Å²) in [5.74, 6) is -0.344. The molecule has 4 rings (SSSR count). The third-order valence-electron chi connectivity index (χ3n) is 5.16. The lowest BCUT2D eigenvalue weighted by molar-refractivity contribution is -0.116. The van der Waals surface area contributed by atoms with E-state index >= 15 is 0 Å². The monoisotopic (exact) mass is 409 g/mol. The molecular weight excluding hydrogens is 389 g/mol. The van der Waals surface area contributed by atoms with Gasteiger partial charge in [0.15, 0.2) is 5.78 Å². The third-order valence-corrected chi connectivity index (χ3v) is 5.16. The molecule has 0 bridgehead atoms. The molecule has 0 fully saturated rings. The minimum atomic E-state index is -0.732. The quantitative estimate of drug-likeness (QED) is 0.651. The molecule has 1 amide bonds. The van der Waals surface area contributed by atoms with Crippen LogP contribution in [0.3, 0.4) is 0 Å². The van der Waals surface area contributed by atoms with Gasteiger partial charge in [0.25, 0.3) is 0 Å². The normalized spacial score (nSPS) is 15.3. The minimum absolute atomic E-state index is 0.0118. The Balaban J connectivity index is 1.82. The number of rotatable bonds is 5. The number of hydrogen-bond acceptors (Lipinski definition) is 5. The van der Waals surface area contributed by atoms with E-state index in [-0.39, 0.29) is 23.9 Å². The average Bonchev–Trinajstić information content (AvgIpc) is 3.08. The Labute approximate surface area is 172 Å². The van der Waals surface area contributed by atoms with Crippen molar-refractivity contribution < 1.29 is 23.5 Å². The number of methoxy groups -OCH3 is 2. The number of Topliss-reactive ketones (excluding diaryl/α,β-unsaturated/α-hetero) is 1. The third kappa shape index (κ3) is 3.30. The van der Waals surface area contributed by atoms with E-state index in [9.17, 15) is 14.0 Å². The van der Waals surface area contributed by atoms with E-state index < -0.39 is 5.92 Å². The molecule has 1 atom stereocenters. The maximum atomic E-state index is 13.5. The van der Waals surface area contributed by atoms with Crippen LogP contribution < -0.4 is 14.8 Å². The topological polar surface area (TPSA) is 82.4 Å². The number of ketones is 1. The Bertz CT molecular complexity index is 1140. The zero-order valence-corrected chi connectivity index (χ0v) is 16.7. The average molecular weight is 409 g/mol. The number of carbonyl (C=O) groups is 2. The highest BCUT2D eigenvalue weighted by molar-refractivity contribution is 6.09. The number of nitrogens with zero attached hydrogens (tertiary/aromatic N) is 2. The van der Waals surface area contributed by atoms with Crippen molar-refractivity contribution >= 4 is 17.5 Å². The van der Waals surface area contributed by atoms with Crippen molar-refractivity contribution in [2.45, 2.75) is 19.3 Å². The van der Waals surface area contributed by atoms with Crippen LogP contribution in [0.25, 0.3) is 5.69 Å². The van der Waals surface area contributed by atoms with Gasteiger partial charge in [-0.25, -0.2) is 9.07 Å². The van der Waals surface area contributed by atoms with Crippen LogP contribution in [-0.4, -0.2) is 35.7 Å². The zero-order chi connectivity index (χ0) is 21.4. The Hall–Kier alpha value is -3.68. The number of aryl methyl sites for hydroxylation is 1. The van der Waals surface area contributed by atoms with Crippen molar-refractivity contribution in [3.8, 4) is 17.2 Å². The number of fused-ring (bicyclic) bond motifs is 1. The first-order chi connectivity index (χ1) is 14.4. The number of aromatic nitrogens is 2. The number of anilines is 1. The van der Waals surface area contributed by atoms with Crippen molar-refractivity contribution in [3.63, 3.8) is 0 Å². The van der Waals surface area contributed by atoms with E-state index in [0.717, 1.165) is 0 Å². The van der Waals surface area contributed by atoms with Crippen molar-refractivity contribution in [1.82, 2.24) is 9.78 Å². The van der Waals surface area contributed by atoms with Crippen molar-refractivity contribution in [1.29, 1.82) is 0 Å². The number of ether oxygens (including phenoxy) is 2. The fraction of sp³-hybridized carbons (Fsp3) is 0.227. The van der Waals surface area contributed by atoms with Gasteiger partial charge in [0.1, 0.15) is 23.1 Å². The van der Waals surface area contributed by atoms with Crippen molar-refractivity contribution in [3.05, 3.63) is 65.1 Å². The van der Waals surface area contributed by atoms with E-state index in [1.165, 1.54) is 31.0 Å². The summed E-state index contributed by atoms with van der Waals surface area (Å²) in [6, 6.07) is 10.7. The molecule has 2 heterocycles. The molecule has 0 saturated heterocycles. The Morgan fingerprint density at radius 1 is 1.17 bits per heavy atom. The number of amides is 1. The molecule has 0 saturated carbocycles. The molecule has 7 nitrogen and oxygen atoms in total. The Morgan fingerprint density at radius 2 is 1.90 bits per heavy atom. The van der Waals surface area contributed by atoms with Gasteiger partial charge in [0.05, 0.1) is 37.1 Å². The first-order valence-corrected chi connectivity index (χ1v) is 9.34. The molecular formula is C22H20FN3O4. The van der Waals surface area contributed by atoms with Crippen LogP contribution in [0.4, 0.5) is 10.2 Å². The van der Waals surface area contributed by atoms with Gasteiger partial charge < -0.3 is 14.8 Å². The molecule has 8 heteroatoms. The summed E-state index contributed by atoms with van der Waals surface area (Å²) in [7, 11) is 2.99. The largest absolute Gasteiger partial charge is 0.497 e. The highest BCUT2D eigenvalue weighted by Gasteiger charge is 2.37. The molecule has 0 aliphatic carbocycles. The maximum Gasteiger partial charge on any atom is 0.226 e. The SMILES string of the molecule is COc1ccc(OC)c(C(=O)C2CC(=O)Nc3c2c(C)nn3-c2ccc(F)cc2)c1. The second kappa shape index (κ2) is 7.62. The predicted molar refractivity (Wildman–Crippen MR) is 108 cm³/mol. The summed E-state index contributed by atoms with van der Waals surface area (Å²) in [5.41, 5.74) is 2.15. The first kappa shape index (κ1) is 19.6. The second-order valence-electron chi connectivity index (χ2n) is 6.97. The van der Waals surface area contributed by atoms with Crippen LogP contribution in [0.2, 0.25) is 0 Å². The lowest BCUT2D eigenvalue weighted by atomic mass is 9.85. The number of hydrogen-bond donors (Lipinski definition) is 1. The lowest BCUT2D eigenvalue weighted by Crippen LogP contribution is -2.28. The molecule has 154 valence electrons. The predicted octanol–water partition coefficient (Wildman–Crippen LogP) is 3.65. The summed E-state index contributed by atoms with van der Waals surface area (Å²) >= 11 is 0. The van der Waals surface area contributed by atoms with Crippen LogP contribution in [-0.2, 0) is 4.79 Å². The van der Waals surface area contributed by atoms with Gasteiger partial charge in [-0.3, -0.25) is 9.59 Å². The molecule has 2 aromatic carbocycles. The number of carbonyl (C=O) groups excluding carboxylic acids is 2. The summed E-state index contributed by atoms with van der Waals surface area (Å²) in [5, 5.41) is 7.31. The summed E-state index contributed by atoms with van der Waals surface area (Å²) < 4.78 is 25.4. The van der Waals surface area contributed by atoms with Gasteiger partial charge in [0, 0.05) is 12.0 Å². The summed E-state index contributed by atoms with van der Waals surface area (Å²) in [6.45, 7) is 1.78. The molecule has 1 unspecified atom stereocenters. The molecule has 30 heavy (non-hydrogen) atoms. The second-order valence-corrected chi connectivity index (χ2v) is 6.97. The van der Waals surface area contributed by atoms with E-state index in [4.69, 9.17) is 9.47 Å². The lowest BCUT2D eigenvalue weighted by Gasteiger charge is -2.24. The maximum absolute atomic E-state index is 13.5. The van der Waals surface area contributed by atoms with Crippen LogP contribution in [0.5, 0.6) is 11.5 Å². The van der Waals surface area contributed by atoms with Crippen LogP contribution in [0.15, 0.2) is 42.5 Å². The highest BCUT2D eigenvalue weighted by Crippen LogP contribution is 2.40. The number of nitrogens with one attached hydrogen (secondary N) is 1. The van der Waals surface area contributed by atoms with Gasteiger partial charge in [-0.05, 0) is 49.4 Å². The zero-order valence-electron chi connectivity index (χ0n) is 16.7. The van der Waals surface area contributed by atoms with Crippen LogP contribution in [0, 0.1) is 12.7 Å². The molecule has 1 aliphatic rings. The van der Waals surface area contributed by atoms with Gasteiger partial charge in [-0.1, -0.05) is 0 Å². The first-order valence-electron chi connectivity index (χ1n) is 9.34.